The molecule has 0 bridgehead atoms. The fraction of sp³-hybridized carbons (Fsp3) is 0.714. The third-order valence-corrected chi connectivity index (χ3v) is 2.87. The van der Waals surface area contributed by atoms with Crippen LogP contribution in [0, 0.1) is 0 Å². The van der Waals surface area contributed by atoms with Crippen molar-refractivity contribution in [1.82, 2.24) is 5.32 Å². The molecule has 1 saturated heterocycles. The van der Waals surface area contributed by atoms with Gasteiger partial charge in [-0.1, -0.05) is 19.9 Å². The molecule has 0 unspecified atom stereocenters. The minimum absolute atomic E-state index is 0.402. The lowest BCUT2D eigenvalue weighted by Crippen LogP contribution is -2.32. The minimum atomic E-state index is 0.402. The smallest absolute Gasteiger partial charge is 0.118 e. The number of nitrogens with one attached hydrogen (secondary N) is 1. The molecule has 0 atom stereocenters. The molecule has 1 aliphatic heterocycles. The summed E-state index contributed by atoms with van der Waals surface area (Å²) < 4.78 is 6.10. The predicted octanol–water partition coefficient (Wildman–Crippen LogP) is 3.41. The van der Waals surface area contributed by atoms with E-state index in [9.17, 15) is 0 Å². The molecule has 1 aliphatic rings. The van der Waals surface area contributed by atoms with E-state index in [2.05, 4.69) is 38.2 Å². The number of hydrogen-bond donors (Lipinski definition) is 1. The van der Waals surface area contributed by atoms with Crippen LogP contribution in [-0.4, -0.2) is 19.2 Å². The summed E-state index contributed by atoms with van der Waals surface area (Å²) in [4.78, 5) is 0. The zero-order valence-corrected chi connectivity index (χ0v) is 10.9. The van der Waals surface area contributed by atoms with E-state index in [4.69, 9.17) is 4.74 Å². The van der Waals surface area contributed by atoms with E-state index in [0.29, 0.717) is 6.10 Å². The molecule has 0 aromatic rings. The lowest BCUT2D eigenvalue weighted by molar-refractivity contribution is 0.0926. The molecule has 1 rings (SSSR count). The summed E-state index contributed by atoms with van der Waals surface area (Å²) in [6.45, 7) is 8.63. The first kappa shape index (κ1) is 13.3. The summed E-state index contributed by atoms with van der Waals surface area (Å²) in [5.74, 6) is 1.09. The first-order valence-electron chi connectivity index (χ1n) is 6.52. The fourth-order valence-electron chi connectivity index (χ4n) is 1.99. The lowest BCUT2D eigenvalue weighted by Gasteiger charge is -2.25. The second-order valence-electron chi connectivity index (χ2n) is 4.34. The summed E-state index contributed by atoms with van der Waals surface area (Å²) in [5, 5.41) is 3.36. The molecule has 1 N–H and O–H groups in total. The van der Waals surface area contributed by atoms with Crippen molar-refractivity contribution in [2.45, 2.75) is 52.6 Å². The van der Waals surface area contributed by atoms with E-state index in [1.54, 1.807) is 0 Å². The SMILES string of the molecule is CC/C=C(C)\C(=C/CC)OC1CCNCC1. The molecule has 0 radical (unpaired) electrons. The molecule has 0 aromatic carbocycles. The highest BCUT2D eigenvalue weighted by Crippen LogP contribution is 2.19. The molecular formula is C14H25NO. The predicted molar refractivity (Wildman–Crippen MR) is 69.4 cm³/mol. The highest BCUT2D eigenvalue weighted by Gasteiger charge is 2.15. The van der Waals surface area contributed by atoms with E-state index >= 15 is 0 Å². The molecule has 0 amide bonds. The van der Waals surface area contributed by atoms with Gasteiger partial charge in [-0.3, -0.25) is 0 Å². The van der Waals surface area contributed by atoms with Crippen LogP contribution in [0.25, 0.3) is 0 Å². The van der Waals surface area contributed by atoms with Crippen LogP contribution in [0.5, 0.6) is 0 Å². The van der Waals surface area contributed by atoms with Gasteiger partial charge < -0.3 is 10.1 Å². The van der Waals surface area contributed by atoms with Gasteiger partial charge in [-0.05, 0) is 57.3 Å². The van der Waals surface area contributed by atoms with E-state index in [-0.39, 0.29) is 0 Å². The quantitative estimate of drug-likeness (QED) is 0.569. The van der Waals surface area contributed by atoms with E-state index in [1.807, 2.05) is 0 Å². The van der Waals surface area contributed by atoms with Gasteiger partial charge in [0.1, 0.15) is 11.9 Å². The van der Waals surface area contributed by atoms with Gasteiger partial charge in [-0.25, -0.2) is 0 Å². The zero-order valence-electron chi connectivity index (χ0n) is 10.9. The Hall–Kier alpha value is -0.760. The van der Waals surface area contributed by atoms with Gasteiger partial charge in [0.05, 0.1) is 0 Å². The molecule has 1 fully saturated rings. The number of allylic oxidation sites excluding steroid dienone is 3. The molecule has 92 valence electrons. The first-order chi connectivity index (χ1) is 7.77. The van der Waals surface area contributed by atoms with Crippen molar-refractivity contribution >= 4 is 0 Å². The molecule has 1 heterocycles. The number of piperidine rings is 1. The lowest BCUT2D eigenvalue weighted by atomic mass is 10.1. The summed E-state index contributed by atoms with van der Waals surface area (Å²) in [6, 6.07) is 0. The second-order valence-corrected chi connectivity index (χ2v) is 4.34. The zero-order chi connectivity index (χ0) is 11.8. The van der Waals surface area contributed by atoms with Gasteiger partial charge in [0.25, 0.3) is 0 Å². The average Bonchev–Trinajstić information content (AvgIpc) is 2.30. The molecule has 2 nitrogen and oxygen atoms in total. The first-order valence-corrected chi connectivity index (χ1v) is 6.52. The Labute approximate surface area is 99.8 Å². The van der Waals surface area contributed by atoms with Gasteiger partial charge in [0, 0.05) is 0 Å². The minimum Gasteiger partial charge on any atom is -0.490 e. The van der Waals surface area contributed by atoms with Crippen molar-refractivity contribution in [3.63, 3.8) is 0 Å². The van der Waals surface area contributed by atoms with Crippen LogP contribution < -0.4 is 5.32 Å². The fourth-order valence-corrected chi connectivity index (χ4v) is 1.99. The summed E-state index contributed by atoms with van der Waals surface area (Å²) in [5.41, 5.74) is 1.28. The third-order valence-electron chi connectivity index (χ3n) is 2.87. The van der Waals surface area contributed by atoms with Gasteiger partial charge in [0.15, 0.2) is 0 Å². The van der Waals surface area contributed by atoms with Crippen LogP contribution in [-0.2, 0) is 4.74 Å². The number of hydrogen-bond acceptors (Lipinski definition) is 2. The van der Waals surface area contributed by atoms with E-state index in [0.717, 1.165) is 44.5 Å². The number of ether oxygens (including phenoxy) is 1. The monoisotopic (exact) mass is 223 g/mol. The maximum Gasteiger partial charge on any atom is 0.118 e. The average molecular weight is 223 g/mol. The van der Waals surface area contributed by atoms with Crippen molar-refractivity contribution in [1.29, 1.82) is 0 Å². The normalized spacial score (nSPS) is 19.9. The summed E-state index contributed by atoms with van der Waals surface area (Å²) in [6.07, 6.45) is 9.20. The van der Waals surface area contributed by atoms with Crippen LogP contribution in [0.3, 0.4) is 0 Å². The van der Waals surface area contributed by atoms with Crippen LogP contribution >= 0.6 is 0 Å². The highest BCUT2D eigenvalue weighted by molar-refractivity contribution is 5.23. The van der Waals surface area contributed by atoms with Gasteiger partial charge in [-0.15, -0.1) is 0 Å². The Morgan fingerprint density at radius 1 is 1.19 bits per heavy atom. The molecule has 0 aliphatic carbocycles. The standard InChI is InChI=1S/C14H25NO/c1-4-6-12(3)14(7-5-2)16-13-8-10-15-11-9-13/h6-7,13,15H,4-5,8-11H2,1-3H3/b12-6-,14-7+. The van der Waals surface area contributed by atoms with E-state index < -0.39 is 0 Å². The Morgan fingerprint density at radius 2 is 1.81 bits per heavy atom. The van der Waals surface area contributed by atoms with E-state index in [1.165, 1.54) is 5.57 Å². The highest BCUT2D eigenvalue weighted by atomic mass is 16.5. The van der Waals surface area contributed by atoms with Gasteiger partial charge in [0.2, 0.25) is 0 Å². The molecule has 0 aromatic heterocycles. The van der Waals surface area contributed by atoms with Crippen molar-refractivity contribution in [3.8, 4) is 0 Å². The largest absolute Gasteiger partial charge is 0.490 e. The van der Waals surface area contributed by atoms with Crippen LogP contribution in [0.2, 0.25) is 0 Å². The molecular weight excluding hydrogens is 198 g/mol. The second kappa shape index (κ2) is 7.50. The topological polar surface area (TPSA) is 21.3 Å². The Bertz CT molecular complexity index is 249. The van der Waals surface area contributed by atoms with Crippen molar-refractivity contribution in [2.24, 2.45) is 0 Å². The third kappa shape index (κ3) is 4.40. The van der Waals surface area contributed by atoms with Crippen molar-refractivity contribution < 1.29 is 4.74 Å². The van der Waals surface area contributed by atoms with Crippen molar-refractivity contribution in [2.75, 3.05) is 13.1 Å². The molecule has 2 heteroatoms. The summed E-state index contributed by atoms with van der Waals surface area (Å²) in [7, 11) is 0. The Kier molecular flexibility index (Phi) is 6.24. The maximum atomic E-state index is 6.10. The summed E-state index contributed by atoms with van der Waals surface area (Å²) >= 11 is 0. The van der Waals surface area contributed by atoms with Crippen LogP contribution in [0.4, 0.5) is 0 Å². The molecule has 0 spiro atoms. The molecule has 0 saturated carbocycles. The Balaban J connectivity index is 2.56. The molecule has 16 heavy (non-hydrogen) atoms. The van der Waals surface area contributed by atoms with Crippen LogP contribution in [0.15, 0.2) is 23.5 Å². The maximum absolute atomic E-state index is 6.10. The van der Waals surface area contributed by atoms with Crippen molar-refractivity contribution in [3.05, 3.63) is 23.5 Å². The van der Waals surface area contributed by atoms with Gasteiger partial charge >= 0.3 is 0 Å². The Morgan fingerprint density at radius 3 is 2.38 bits per heavy atom. The van der Waals surface area contributed by atoms with Crippen LogP contribution in [0.1, 0.15) is 46.5 Å². The van der Waals surface area contributed by atoms with Gasteiger partial charge in [-0.2, -0.15) is 0 Å². The number of rotatable bonds is 5.